The minimum Gasteiger partial charge on any atom is -0.368 e. The van der Waals surface area contributed by atoms with E-state index in [0.29, 0.717) is 0 Å². The number of allylic oxidation sites excluding steroid dienone is 1. The molecule has 0 spiro atoms. The van der Waals surface area contributed by atoms with Gasteiger partial charge in [-0.25, -0.2) is 0 Å². The van der Waals surface area contributed by atoms with E-state index in [4.69, 9.17) is 0 Å². The maximum absolute atomic E-state index is 12.7. The number of amides is 2. The molecule has 1 aromatic carbocycles. The number of anilines is 1. The molecule has 0 fully saturated rings. The zero-order chi connectivity index (χ0) is 23.3. The Labute approximate surface area is 187 Å². The van der Waals surface area contributed by atoms with Crippen LogP contribution >= 0.6 is 11.8 Å². The lowest BCUT2D eigenvalue weighted by Crippen LogP contribution is -2.53. The molecule has 0 saturated carbocycles. The predicted molar refractivity (Wildman–Crippen MR) is 124 cm³/mol. The van der Waals surface area contributed by atoms with E-state index in [1.165, 1.54) is 18.8 Å². The van der Waals surface area contributed by atoms with Crippen LogP contribution in [0.1, 0.15) is 39.2 Å². The van der Waals surface area contributed by atoms with Crippen molar-refractivity contribution < 1.29 is 14.7 Å². The van der Waals surface area contributed by atoms with E-state index in [2.05, 4.69) is 22.4 Å². The summed E-state index contributed by atoms with van der Waals surface area (Å²) in [6.45, 7) is 9.60. The molecule has 0 radical (unpaired) electrons. The highest BCUT2D eigenvalue weighted by molar-refractivity contribution is 8.00. The van der Waals surface area contributed by atoms with Gasteiger partial charge in [0.15, 0.2) is 6.23 Å². The predicted octanol–water partition coefficient (Wildman–Crippen LogP) is 2.80. The molecule has 3 N–H and O–H groups in total. The monoisotopic (exact) mass is 448 g/mol. The number of likely N-dealkylation sites (N-methyl/N-ethyl adjacent to an activating group) is 1. The Bertz CT molecular complexity index is 852. The van der Waals surface area contributed by atoms with Crippen molar-refractivity contribution in [3.63, 3.8) is 0 Å². The van der Waals surface area contributed by atoms with Crippen LogP contribution in [0.15, 0.2) is 40.5 Å². The van der Waals surface area contributed by atoms with Crippen LogP contribution in [-0.2, 0) is 16.0 Å². The molecule has 1 aliphatic heterocycles. The van der Waals surface area contributed by atoms with Gasteiger partial charge in [-0.15, -0.1) is 16.7 Å². The molecule has 0 saturated heterocycles. The van der Waals surface area contributed by atoms with Crippen molar-refractivity contribution in [2.45, 2.75) is 62.4 Å². The first kappa shape index (κ1) is 24.9. The zero-order valence-corrected chi connectivity index (χ0v) is 19.6. The molecule has 170 valence electrons. The summed E-state index contributed by atoms with van der Waals surface area (Å²) < 4.78 is 0. The summed E-state index contributed by atoms with van der Waals surface area (Å²) in [5, 5.41) is 17.3. The number of thioether (sulfide) groups is 1. The average molecular weight is 449 g/mol. The highest BCUT2D eigenvalue weighted by Gasteiger charge is 2.33. The van der Waals surface area contributed by atoms with Gasteiger partial charge in [0.05, 0.1) is 5.25 Å². The Kier molecular flexibility index (Phi) is 8.25. The second-order valence-electron chi connectivity index (χ2n) is 8.78. The van der Waals surface area contributed by atoms with Gasteiger partial charge >= 0.3 is 0 Å². The van der Waals surface area contributed by atoms with Crippen LogP contribution in [0.2, 0.25) is 0 Å². The summed E-state index contributed by atoms with van der Waals surface area (Å²) in [4.78, 5) is 38.8. The second-order valence-corrected chi connectivity index (χ2v) is 10.1. The van der Waals surface area contributed by atoms with Gasteiger partial charge in [-0.05, 0) is 47.2 Å². The molecule has 9 heteroatoms. The maximum Gasteiger partial charge on any atom is 0.242 e. The lowest BCUT2D eigenvalue weighted by molar-refractivity contribution is -0.131. The molecule has 31 heavy (non-hydrogen) atoms. The summed E-state index contributed by atoms with van der Waals surface area (Å²) in [6.07, 6.45) is -0.00129. The highest BCUT2D eigenvalue weighted by atomic mass is 32.2. The third-order valence-electron chi connectivity index (χ3n) is 5.36. The molecule has 2 unspecified atom stereocenters. The van der Waals surface area contributed by atoms with E-state index < -0.39 is 28.8 Å². The largest absolute Gasteiger partial charge is 0.368 e. The molecule has 3 atom stereocenters. The fraction of sp³-hybridized carbons (Fsp3) is 0.545. The van der Waals surface area contributed by atoms with Gasteiger partial charge < -0.3 is 20.6 Å². The molecule has 2 amide bonds. The first-order chi connectivity index (χ1) is 14.5. The summed E-state index contributed by atoms with van der Waals surface area (Å²) in [7, 11) is 3.48. The zero-order valence-electron chi connectivity index (χ0n) is 18.8. The van der Waals surface area contributed by atoms with E-state index in [0.717, 1.165) is 34.7 Å². The van der Waals surface area contributed by atoms with E-state index in [1.54, 1.807) is 0 Å². The normalized spacial score (nSPS) is 16.7. The van der Waals surface area contributed by atoms with Gasteiger partial charge in [-0.3, -0.25) is 9.59 Å². The van der Waals surface area contributed by atoms with Crippen LogP contribution in [0, 0.1) is 10.3 Å². The number of benzene rings is 1. The number of aliphatic hydroxyl groups excluding tert-OH is 1. The van der Waals surface area contributed by atoms with Crippen LogP contribution in [0.4, 0.5) is 5.69 Å². The maximum atomic E-state index is 12.7. The quantitative estimate of drug-likeness (QED) is 0.417. The molecular formula is C22H32N4O4S. The van der Waals surface area contributed by atoms with Crippen molar-refractivity contribution >= 4 is 29.3 Å². The summed E-state index contributed by atoms with van der Waals surface area (Å²) in [6, 6.07) is 5.13. The Morgan fingerprint density at radius 1 is 1.32 bits per heavy atom. The number of carbonyl (C=O) groups is 2. The fourth-order valence-corrected chi connectivity index (χ4v) is 4.57. The Morgan fingerprint density at radius 3 is 2.58 bits per heavy atom. The molecule has 1 aromatic rings. The van der Waals surface area contributed by atoms with Crippen molar-refractivity contribution in [2.75, 3.05) is 19.0 Å². The number of carbonyl (C=O) groups excluding carboxylic acids is 2. The van der Waals surface area contributed by atoms with Crippen molar-refractivity contribution in [2.24, 2.45) is 10.6 Å². The van der Waals surface area contributed by atoms with E-state index >= 15 is 0 Å². The van der Waals surface area contributed by atoms with E-state index in [9.17, 15) is 19.6 Å². The van der Waals surface area contributed by atoms with Crippen molar-refractivity contribution in [1.29, 1.82) is 0 Å². The number of nitrogens with one attached hydrogen (secondary N) is 2. The molecule has 2 rings (SSSR count). The Hall–Kier alpha value is -2.39. The third-order valence-corrected chi connectivity index (χ3v) is 6.60. The Balaban J connectivity index is 2.16. The molecule has 1 aliphatic rings. The van der Waals surface area contributed by atoms with E-state index in [-0.39, 0.29) is 12.3 Å². The van der Waals surface area contributed by atoms with Gasteiger partial charge in [0.1, 0.15) is 6.04 Å². The number of hydrogen-bond donors (Lipinski definition) is 3. The fourth-order valence-electron chi connectivity index (χ4n) is 3.45. The van der Waals surface area contributed by atoms with E-state index in [1.807, 2.05) is 50.9 Å². The molecule has 0 aromatic heterocycles. The van der Waals surface area contributed by atoms with Crippen LogP contribution in [-0.4, -0.2) is 48.5 Å². The smallest absolute Gasteiger partial charge is 0.242 e. The Morgan fingerprint density at radius 2 is 2.00 bits per heavy atom. The summed E-state index contributed by atoms with van der Waals surface area (Å²) in [5.41, 5.74) is 2.76. The first-order valence-electron chi connectivity index (χ1n) is 10.2. The minimum atomic E-state index is -1.55. The number of aliphatic hydroxyl groups is 1. The van der Waals surface area contributed by atoms with Crippen molar-refractivity contribution in [3.8, 4) is 0 Å². The van der Waals surface area contributed by atoms with Gasteiger partial charge in [0, 0.05) is 36.8 Å². The van der Waals surface area contributed by atoms with Crippen LogP contribution in [0.25, 0.3) is 0 Å². The third kappa shape index (κ3) is 6.30. The van der Waals surface area contributed by atoms with Gasteiger partial charge in [-0.1, -0.05) is 27.4 Å². The number of hydrogen-bond acceptors (Lipinski definition) is 7. The number of fused-ring (bicyclic) bond motifs is 1. The van der Waals surface area contributed by atoms with Gasteiger partial charge in [-0.2, -0.15) is 0 Å². The number of nitroso groups, excluding NO2 is 1. The average Bonchev–Trinajstić information content (AvgIpc) is 2.72. The lowest BCUT2D eigenvalue weighted by atomic mass is 9.86. The number of rotatable bonds is 8. The second kappa shape index (κ2) is 10.3. The van der Waals surface area contributed by atoms with Crippen LogP contribution < -0.4 is 15.5 Å². The molecule has 1 heterocycles. The van der Waals surface area contributed by atoms with Crippen molar-refractivity contribution in [3.05, 3.63) is 40.9 Å². The van der Waals surface area contributed by atoms with Crippen LogP contribution in [0.5, 0.6) is 0 Å². The highest BCUT2D eigenvalue weighted by Crippen LogP contribution is 2.36. The topological polar surface area (TPSA) is 111 Å². The van der Waals surface area contributed by atoms with Crippen LogP contribution in [0.3, 0.4) is 0 Å². The molecule has 0 aliphatic carbocycles. The molecule has 8 nitrogen and oxygen atoms in total. The summed E-state index contributed by atoms with van der Waals surface area (Å²) >= 11 is 1.23. The van der Waals surface area contributed by atoms with Gasteiger partial charge in [0.2, 0.25) is 11.8 Å². The number of nitrogens with zero attached hydrogens (tertiary/aromatic N) is 2. The number of aryl methyl sites for hydroxylation is 1. The first-order valence-corrected chi connectivity index (χ1v) is 11.1. The molecule has 0 bridgehead atoms. The van der Waals surface area contributed by atoms with Crippen molar-refractivity contribution in [1.82, 2.24) is 10.6 Å². The SMILES string of the molecule is C=C1CCc2cc(SC(CC(=O)N[C@H](C(=O)NC)C(C)(C)C)C(O)N=O)ccc2N1C. The minimum absolute atomic E-state index is 0.158. The standard InChI is InChI=1S/C22H32N4O4S/c1-13-7-8-14-11-15(9-10-16(14)26(13)6)31-17(20(28)25-30)12-18(27)24-19(21(29)23-5)22(2,3)4/h9-11,17,19-20,28H,1,7-8,12H2,2-6H3,(H,23,29)(H,24,27)/t17?,19-,20?/m1/s1. The summed E-state index contributed by atoms with van der Waals surface area (Å²) in [5.74, 6) is -0.739. The molecular weight excluding hydrogens is 416 g/mol. The lowest BCUT2D eigenvalue weighted by Gasteiger charge is -2.31. The van der Waals surface area contributed by atoms with Gasteiger partial charge in [0.25, 0.3) is 0 Å².